The average molecular weight is 301 g/mol. The second-order valence-electron chi connectivity index (χ2n) is 5.70. The lowest BCUT2D eigenvalue weighted by molar-refractivity contribution is 0.0602. The van der Waals surface area contributed by atoms with Crippen LogP contribution < -0.4 is 10.6 Å². The number of anilines is 3. The number of ether oxygens (including phenoxy) is 1. The van der Waals surface area contributed by atoms with Gasteiger partial charge >= 0.3 is 5.97 Å². The smallest absolute Gasteiger partial charge is 0.339 e. The molecule has 1 aromatic carbocycles. The number of rotatable bonds is 4. The second-order valence-corrected chi connectivity index (χ2v) is 5.70. The average Bonchev–Trinajstić information content (AvgIpc) is 2.45. The van der Waals surface area contributed by atoms with E-state index >= 15 is 0 Å². The first-order valence-corrected chi connectivity index (χ1v) is 6.81. The number of methoxy groups -OCH3 is 1. The lowest BCUT2D eigenvalue weighted by Gasteiger charge is -2.21. The van der Waals surface area contributed by atoms with Crippen LogP contribution in [0.5, 0.6) is 0 Å². The summed E-state index contributed by atoms with van der Waals surface area (Å²) >= 11 is 0. The molecule has 0 atom stereocenters. The van der Waals surface area contributed by atoms with Gasteiger partial charge in [-0.3, -0.25) is 0 Å². The van der Waals surface area contributed by atoms with E-state index in [-0.39, 0.29) is 5.54 Å². The first kappa shape index (κ1) is 15.7. The maximum Gasteiger partial charge on any atom is 0.339 e. The van der Waals surface area contributed by atoms with Crippen molar-refractivity contribution >= 4 is 23.4 Å². The molecule has 2 aromatic rings. The highest BCUT2D eigenvalue weighted by Crippen LogP contribution is 2.20. The number of benzene rings is 1. The summed E-state index contributed by atoms with van der Waals surface area (Å²) in [7, 11) is 1.34. The molecule has 0 radical (unpaired) electrons. The van der Waals surface area contributed by atoms with E-state index in [0.717, 1.165) is 0 Å². The maximum atomic E-state index is 11.7. The number of esters is 1. The summed E-state index contributed by atoms with van der Waals surface area (Å²) in [6.07, 6.45) is 1.54. The Balaban J connectivity index is 2.25. The van der Waals surface area contributed by atoms with Crippen LogP contribution >= 0.6 is 0 Å². The minimum absolute atomic E-state index is 0.142. The predicted octanol–water partition coefficient (Wildman–Crippen LogP) is 2.61. The van der Waals surface area contributed by atoms with Crippen molar-refractivity contribution in [1.29, 1.82) is 0 Å². The summed E-state index contributed by atoms with van der Waals surface area (Å²) in [5.41, 5.74) is 0.823. The van der Waals surface area contributed by atoms with Crippen molar-refractivity contribution in [3.05, 3.63) is 36.0 Å². The number of para-hydroxylation sites is 1. The molecule has 0 aliphatic rings. The number of aromatic nitrogens is 3. The molecule has 2 rings (SSSR count). The van der Waals surface area contributed by atoms with Crippen molar-refractivity contribution in [2.75, 3.05) is 17.7 Å². The molecule has 0 amide bonds. The molecule has 1 heterocycles. The molecule has 1 aromatic heterocycles. The predicted molar refractivity (Wildman–Crippen MR) is 84.3 cm³/mol. The van der Waals surface area contributed by atoms with Gasteiger partial charge in [-0.05, 0) is 32.9 Å². The molecule has 7 heteroatoms. The molecule has 0 aliphatic heterocycles. The molecule has 22 heavy (non-hydrogen) atoms. The normalized spacial score (nSPS) is 10.9. The van der Waals surface area contributed by atoms with Crippen molar-refractivity contribution < 1.29 is 9.53 Å². The van der Waals surface area contributed by atoms with Crippen LogP contribution in [0.25, 0.3) is 0 Å². The minimum Gasteiger partial charge on any atom is -0.465 e. The van der Waals surface area contributed by atoms with Crippen LogP contribution in [0.2, 0.25) is 0 Å². The lowest BCUT2D eigenvalue weighted by Crippen LogP contribution is -2.27. The number of carbonyl (C=O) groups is 1. The molecule has 0 saturated heterocycles. The zero-order valence-electron chi connectivity index (χ0n) is 13.0. The Morgan fingerprint density at radius 3 is 2.64 bits per heavy atom. The van der Waals surface area contributed by atoms with Crippen molar-refractivity contribution in [2.24, 2.45) is 0 Å². The summed E-state index contributed by atoms with van der Waals surface area (Å²) in [6.45, 7) is 6.07. The summed E-state index contributed by atoms with van der Waals surface area (Å²) in [4.78, 5) is 16.1. The van der Waals surface area contributed by atoms with Crippen molar-refractivity contribution in [3.8, 4) is 0 Å². The molecular weight excluding hydrogens is 282 g/mol. The summed E-state index contributed by atoms with van der Waals surface area (Å²) in [5.74, 6) is 0.464. The zero-order valence-corrected chi connectivity index (χ0v) is 13.0. The highest BCUT2D eigenvalue weighted by atomic mass is 16.5. The fourth-order valence-corrected chi connectivity index (χ4v) is 1.80. The van der Waals surface area contributed by atoms with Gasteiger partial charge < -0.3 is 15.4 Å². The maximum absolute atomic E-state index is 11.7. The molecule has 0 bridgehead atoms. The third kappa shape index (κ3) is 4.15. The summed E-state index contributed by atoms with van der Waals surface area (Å²) in [6, 6.07) is 6.98. The van der Waals surface area contributed by atoms with Crippen LogP contribution in [-0.2, 0) is 4.74 Å². The number of carbonyl (C=O) groups excluding carboxylic acids is 1. The Bertz CT molecular complexity index is 667. The Morgan fingerprint density at radius 2 is 1.95 bits per heavy atom. The molecule has 0 fully saturated rings. The van der Waals surface area contributed by atoms with E-state index < -0.39 is 5.97 Å². The van der Waals surface area contributed by atoms with Crippen molar-refractivity contribution in [3.63, 3.8) is 0 Å². The fraction of sp³-hybridized carbons (Fsp3) is 0.333. The van der Waals surface area contributed by atoms with Crippen LogP contribution in [0.4, 0.5) is 17.5 Å². The van der Waals surface area contributed by atoms with Gasteiger partial charge in [0.2, 0.25) is 5.95 Å². The first-order valence-electron chi connectivity index (χ1n) is 6.81. The highest BCUT2D eigenvalue weighted by molar-refractivity contribution is 5.96. The molecule has 116 valence electrons. The van der Waals surface area contributed by atoms with Gasteiger partial charge in [0.25, 0.3) is 0 Å². The Kier molecular flexibility index (Phi) is 4.55. The van der Waals surface area contributed by atoms with Gasteiger partial charge in [-0.25, -0.2) is 4.79 Å². The lowest BCUT2D eigenvalue weighted by atomic mass is 10.1. The minimum atomic E-state index is -0.431. The first-order chi connectivity index (χ1) is 10.4. The Morgan fingerprint density at radius 1 is 1.23 bits per heavy atom. The van der Waals surface area contributed by atoms with E-state index in [1.54, 1.807) is 30.5 Å². The quantitative estimate of drug-likeness (QED) is 0.839. The van der Waals surface area contributed by atoms with Crippen LogP contribution in [0.15, 0.2) is 30.5 Å². The van der Waals surface area contributed by atoms with E-state index in [9.17, 15) is 4.79 Å². The summed E-state index contributed by atoms with van der Waals surface area (Å²) < 4.78 is 4.76. The highest BCUT2D eigenvalue weighted by Gasteiger charge is 2.14. The fourth-order valence-electron chi connectivity index (χ4n) is 1.80. The van der Waals surface area contributed by atoms with Crippen LogP contribution in [0.3, 0.4) is 0 Å². The van der Waals surface area contributed by atoms with Gasteiger partial charge in [-0.1, -0.05) is 12.1 Å². The van der Waals surface area contributed by atoms with Gasteiger partial charge in [-0.2, -0.15) is 10.1 Å². The van der Waals surface area contributed by atoms with E-state index in [2.05, 4.69) is 25.8 Å². The topological polar surface area (TPSA) is 89.0 Å². The van der Waals surface area contributed by atoms with Gasteiger partial charge in [0, 0.05) is 5.54 Å². The molecular formula is C15H19N5O2. The number of nitrogens with zero attached hydrogens (tertiary/aromatic N) is 3. The van der Waals surface area contributed by atoms with Crippen LogP contribution in [0.1, 0.15) is 31.1 Å². The van der Waals surface area contributed by atoms with E-state index in [1.807, 2.05) is 20.8 Å². The molecule has 0 aliphatic carbocycles. The van der Waals surface area contributed by atoms with Crippen molar-refractivity contribution in [2.45, 2.75) is 26.3 Å². The molecule has 0 spiro atoms. The van der Waals surface area contributed by atoms with Gasteiger partial charge in [0.15, 0.2) is 5.82 Å². The number of hydrogen-bond acceptors (Lipinski definition) is 7. The third-order valence-electron chi connectivity index (χ3n) is 2.64. The SMILES string of the molecule is COC(=O)c1ccccc1Nc1nncc(NC(C)(C)C)n1. The molecule has 2 N–H and O–H groups in total. The van der Waals surface area contributed by atoms with Gasteiger partial charge in [-0.15, -0.1) is 5.10 Å². The Hall–Kier alpha value is -2.70. The standard InChI is InChI=1S/C15H19N5O2/c1-15(2,3)19-12-9-16-20-14(18-12)17-11-8-6-5-7-10(11)13(21)22-4/h5-9H,1-4H3,(H2,17,18,19,20). The third-order valence-corrected chi connectivity index (χ3v) is 2.64. The van der Waals surface area contributed by atoms with Crippen LogP contribution in [-0.4, -0.2) is 33.8 Å². The second kappa shape index (κ2) is 6.38. The summed E-state index contributed by atoms with van der Waals surface area (Å²) in [5, 5.41) is 14.0. The van der Waals surface area contributed by atoms with E-state index in [0.29, 0.717) is 23.0 Å². The molecule has 0 saturated carbocycles. The number of nitrogens with one attached hydrogen (secondary N) is 2. The van der Waals surface area contributed by atoms with E-state index in [1.165, 1.54) is 7.11 Å². The molecule has 0 unspecified atom stereocenters. The number of hydrogen-bond donors (Lipinski definition) is 2. The van der Waals surface area contributed by atoms with Crippen molar-refractivity contribution in [1.82, 2.24) is 15.2 Å². The van der Waals surface area contributed by atoms with Gasteiger partial charge in [0.05, 0.1) is 24.6 Å². The molecule has 7 nitrogen and oxygen atoms in total. The Labute approximate surface area is 129 Å². The van der Waals surface area contributed by atoms with Gasteiger partial charge in [0.1, 0.15) is 0 Å². The van der Waals surface area contributed by atoms with Crippen LogP contribution in [0, 0.1) is 0 Å². The van der Waals surface area contributed by atoms with E-state index in [4.69, 9.17) is 4.74 Å². The largest absolute Gasteiger partial charge is 0.465 e. The monoisotopic (exact) mass is 301 g/mol. The zero-order chi connectivity index (χ0) is 16.2.